The Labute approximate surface area is 147 Å². The van der Waals surface area contributed by atoms with E-state index in [9.17, 15) is 9.90 Å². The summed E-state index contributed by atoms with van der Waals surface area (Å²) in [5.74, 6) is 0.215. The SMILES string of the molecule is CC(C)(C)C(O)CN1CCN(CCC(=O)NC2CCCCC2)CC1. The van der Waals surface area contributed by atoms with E-state index in [1.165, 1.54) is 19.3 Å². The molecule has 1 unspecified atom stereocenters. The van der Waals surface area contributed by atoms with Gasteiger partial charge in [0.1, 0.15) is 0 Å². The molecule has 140 valence electrons. The zero-order valence-corrected chi connectivity index (χ0v) is 15.9. The first-order chi connectivity index (χ1) is 11.3. The van der Waals surface area contributed by atoms with Gasteiger partial charge in [0.25, 0.3) is 0 Å². The summed E-state index contributed by atoms with van der Waals surface area (Å²) in [5, 5.41) is 13.4. The number of carbonyl (C=O) groups excluding carboxylic acids is 1. The Morgan fingerprint density at radius 2 is 1.67 bits per heavy atom. The first kappa shape index (κ1) is 19.7. The molecule has 24 heavy (non-hydrogen) atoms. The van der Waals surface area contributed by atoms with Crippen molar-refractivity contribution >= 4 is 5.91 Å². The fourth-order valence-corrected chi connectivity index (χ4v) is 3.52. The van der Waals surface area contributed by atoms with Gasteiger partial charge in [-0.2, -0.15) is 0 Å². The lowest BCUT2D eigenvalue weighted by molar-refractivity contribution is -0.122. The van der Waals surface area contributed by atoms with Gasteiger partial charge in [0.2, 0.25) is 5.91 Å². The van der Waals surface area contributed by atoms with Crippen molar-refractivity contribution in [3.8, 4) is 0 Å². The van der Waals surface area contributed by atoms with E-state index in [2.05, 4.69) is 35.9 Å². The van der Waals surface area contributed by atoms with Crippen LogP contribution in [0.5, 0.6) is 0 Å². The number of nitrogens with zero attached hydrogens (tertiary/aromatic N) is 2. The standard InChI is InChI=1S/C19H37N3O2/c1-19(2,3)17(23)15-22-13-11-21(12-14-22)10-9-18(24)20-16-7-5-4-6-8-16/h16-17,23H,4-15H2,1-3H3,(H,20,24). The molecule has 1 amide bonds. The van der Waals surface area contributed by atoms with E-state index in [1.807, 2.05) is 0 Å². The highest BCUT2D eigenvalue weighted by molar-refractivity contribution is 5.76. The Hall–Kier alpha value is -0.650. The van der Waals surface area contributed by atoms with E-state index in [-0.39, 0.29) is 17.4 Å². The maximum Gasteiger partial charge on any atom is 0.221 e. The lowest BCUT2D eigenvalue weighted by Crippen LogP contribution is -2.50. The van der Waals surface area contributed by atoms with Gasteiger partial charge in [0.05, 0.1) is 6.10 Å². The molecule has 0 aromatic carbocycles. The maximum atomic E-state index is 12.1. The van der Waals surface area contributed by atoms with Crippen molar-refractivity contribution in [1.29, 1.82) is 0 Å². The van der Waals surface area contributed by atoms with Crippen molar-refractivity contribution in [2.75, 3.05) is 39.3 Å². The minimum atomic E-state index is -0.287. The zero-order chi connectivity index (χ0) is 17.6. The van der Waals surface area contributed by atoms with Gasteiger partial charge in [0, 0.05) is 51.7 Å². The third kappa shape index (κ3) is 6.69. The van der Waals surface area contributed by atoms with Crippen LogP contribution in [0.2, 0.25) is 0 Å². The van der Waals surface area contributed by atoms with E-state index < -0.39 is 0 Å². The van der Waals surface area contributed by atoms with Crippen LogP contribution in [0.4, 0.5) is 0 Å². The quantitative estimate of drug-likeness (QED) is 0.775. The van der Waals surface area contributed by atoms with Crippen molar-refractivity contribution < 1.29 is 9.90 Å². The number of aliphatic hydroxyl groups excluding tert-OH is 1. The molecule has 0 aromatic rings. The van der Waals surface area contributed by atoms with Crippen molar-refractivity contribution in [2.24, 2.45) is 5.41 Å². The largest absolute Gasteiger partial charge is 0.391 e. The second kappa shape index (κ2) is 9.16. The Morgan fingerprint density at radius 3 is 2.25 bits per heavy atom. The Balaban J connectivity index is 1.60. The molecule has 1 atom stereocenters. The second-order valence-electron chi connectivity index (χ2n) is 8.68. The molecular weight excluding hydrogens is 302 g/mol. The number of hydrogen-bond donors (Lipinski definition) is 2. The number of hydrogen-bond acceptors (Lipinski definition) is 4. The zero-order valence-electron chi connectivity index (χ0n) is 15.9. The molecule has 2 rings (SSSR count). The molecule has 1 aliphatic carbocycles. The molecule has 5 heteroatoms. The van der Waals surface area contributed by atoms with Gasteiger partial charge in [-0.3, -0.25) is 9.69 Å². The van der Waals surface area contributed by atoms with Crippen LogP contribution >= 0.6 is 0 Å². The highest BCUT2D eigenvalue weighted by Crippen LogP contribution is 2.20. The lowest BCUT2D eigenvalue weighted by Gasteiger charge is -2.38. The van der Waals surface area contributed by atoms with Gasteiger partial charge in [-0.1, -0.05) is 40.0 Å². The van der Waals surface area contributed by atoms with E-state index in [0.29, 0.717) is 12.5 Å². The third-order valence-corrected chi connectivity index (χ3v) is 5.52. The molecule has 0 spiro atoms. The summed E-state index contributed by atoms with van der Waals surface area (Å²) in [6, 6.07) is 0.419. The van der Waals surface area contributed by atoms with E-state index >= 15 is 0 Å². The van der Waals surface area contributed by atoms with Crippen LogP contribution in [-0.4, -0.2) is 72.2 Å². The average molecular weight is 340 g/mol. The predicted octanol–water partition coefficient (Wildman–Crippen LogP) is 1.85. The highest BCUT2D eigenvalue weighted by atomic mass is 16.3. The molecule has 5 nitrogen and oxygen atoms in total. The smallest absolute Gasteiger partial charge is 0.221 e. The molecule has 1 saturated heterocycles. The van der Waals surface area contributed by atoms with Gasteiger partial charge in [-0.15, -0.1) is 0 Å². The molecule has 1 aliphatic heterocycles. The summed E-state index contributed by atoms with van der Waals surface area (Å²) in [5.41, 5.74) is -0.0612. The van der Waals surface area contributed by atoms with Crippen LogP contribution in [0, 0.1) is 5.41 Å². The van der Waals surface area contributed by atoms with Crippen LogP contribution in [0.15, 0.2) is 0 Å². The number of β-amino-alcohol motifs (C(OH)–C–C–N with tert-alkyl or cyclic N) is 1. The van der Waals surface area contributed by atoms with Gasteiger partial charge in [0.15, 0.2) is 0 Å². The summed E-state index contributed by atoms with van der Waals surface area (Å²) in [4.78, 5) is 16.8. The number of piperazine rings is 1. The average Bonchev–Trinajstić information content (AvgIpc) is 2.54. The van der Waals surface area contributed by atoms with Gasteiger partial charge < -0.3 is 15.3 Å². The van der Waals surface area contributed by atoms with Crippen LogP contribution in [0.25, 0.3) is 0 Å². The molecular formula is C19H37N3O2. The lowest BCUT2D eigenvalue weighted by atomic mass is 9.89. The normalized spacial score (nSPS) is 23.2. The summed E-state index contributed by atoms with van der Waals surface area (Å²) in [6.07, 6.45) is 6.47. The summed E-state index contributed by atoms with van der Waals surface area (Å²) in [7, 11) is 0. The van der Waals surface area contributed by atoms with Gasteiger partial charge in [-0.05, 0) is 18.3 Å². The third-order valence-electron chi connectivity index (χ3n) is 5.52. The number of aliphatic hydroxyl groups is 1. The van der Waals surface area contributed by atoms with E-state index in [1.54, 1.807) is 0 Å². The molecule has 2 aliphatic rings. The monoisotopic (exact) mass is 339 g/mol. The predicted molar refractivity (Wildman–Crippen MR) is 98.0 cm³/mol. The van der Waals surface area contributed by atoms with Crippen LogP contribution in [0.1, 0.15) is 59.3 Å². The van der Waals surface area contributed by atoms with Crippen LogP contribution in [0.3, 0.4) is 0 Å². The fourth-order valence-electron chi connectivity index (χ4n) is 3.52. The molecule has 2 N–H and O–H groups in total. The molecule has 1 heterocycles. The van der Waals surface area contributed by atoms with Crippen molar-refractivity contribution in [1.82, 2.24) is 15.1 Å². The Morgan fingerprint density at radius 1 is 1.08 bits per heavy atom. The fraction of sp³-hybridized carbons (Fsp3) is 0.947. The minimum Gasteiger partial charge on any atom is -0.391 e. The highest BCUT2D eigenvalue weighted by Gasteiger charge is 2.26. The Kier molecular flexibility index (Phi) is 7.51. The first-order valence-corrected chi connectivity index (χ1v) is 9.77. The molecule has 2 fully saturated rings. The Bertz CT molecular complexity index is 381. The number of amides is 1. The first-order valence-electron chi connectivity index (χ1n) is 9.77. The van der Waals surface area contributed by atoms with Gasteiger partial charge >= 0.3 is 0 Å². The number of nitrogens with one attached hydrogen (secondary N) is 1. The minimum absolute atomic E-state index is 0.0612. The molecule has 0 radical (unpaired) electrons. The van der Waals surface area contributed by atoms with Crippen LogP contribution in [-0.2, 0) is 4.79 Å². The van der Waals surface area contributed by atoms with Crippen molar-refractivity contribution in [2.45, 2.75) is 71.4 Å². The van der Waals surface area contributed by atoms with Gasteiger partial charge in [-0.25, -0.2) is 0 Å². The van der Waals surface area contributed by atoms with Crippen LogP contribution < -0.4 is 5.32 Å². The van der Waals surface area contributed by atoms with Crippen molar-refractivity contribution in [3.05, 3.63) is 0 Å². The molecule has 0 bridgehead atoms. The maximum absolute atomic E-state index is 12.1. The van der Waals surface area contributed by atoms with Crippen molar-refractivity contribution in [3.63, 3.8) is 0 Å². The second-order valence-corrected chi connectivity index (χ2v) is 8.68. The summed E-state index contributed by atoms with van der Waals surface area (Å²) in [6.45, 7) is 11.8. The molecule has 0 aromatic heterocycles. The number of rotatable bonds is 6. The summed E-state index contributed by atoms with van der Waals surface area (Å²) >= 11 is 0. The van der Waals surface area contributed by atoms with E-state index in [0.717, 1.165) is 52.1 Å². The summed E-state index contributed by atoms with van der Waals surface area (Å²) < 4.78 is 0. The topological polar surface area (TPSA) is 55.8 Å². The molecule has 1 saturated carbocycles. The number of carbonyl (C=O) groups is 1. The van der Waals surface area contributed by atoms with E-state index in [4.69, 9.17) is 0 Å².